The second-order valence-electron chi connectivity index (χ2n) is 5.83. The highest BCUT2D eigenvalue weighted by atomic mass is 32.2. The van der Waals surface area contributed by atoms with Crippen molar-refractivity contribution in [2.45, 2.75) is 28.8 Å². The van der Waals surface area contributed by atoms with Crippen molar-refractivity contribution in [1.82, 2.24) is 4.98 Å². The van der Waals surface area contributed by atoms with Crippen LogP contribution < -0.4 is 4.74 Å². The van der Waals surface area contributed by atoms with E-state index in [4.69, 9.17) is 4.74 Å². The van der Waals surface area contributed by atoms with Crippen LogP contribution in [0.3, 0.4) is 0 Å². The summed E-state index contributed by atoms with van der Waals surface area (Å²) in [7, 11) is 0. The molecule has 0 atom stereocenters. The number of halogens is 6. The van der Waals surface area contributed by atoms with Crippen LogP contribution in [-0.2, 0) is 19.0 Å². The van der Waals surface area contributed by atoms with E-state index in [9.17, 15) is 26.3 Å². The monoisotopic (exact) mass is 429 g/mol. The standard InChI is InChI=1S/C20H13F6NOS/c21-19(22,23)14-7-5-10-17(18(14)20(24,25)26)29-16-9-2-1-8-15(16)28-12-13-6-3-4-11-27-13/h1-11H,12H2. The number of hydrogen-bond acceptors (Lipinski definition) is 3. The summed E-state index contributed by atoms with van der Waals surface area (Å²) in [6.45, 7) is 0.0626. The zero-order valence-electron chi connectivity index (χ0n) is 14.6. The van der Waals surface area contributed by atoms with Gasteiger partial charge in [0.1, 0.15) is 12.4 Å². The summed E-state index contributed by atoms with van der Waals surface area (Å²) in [5, 5.41) is 0. The summed E-state index contributed by atoms with van der Waals surface area (Å²) < 4.78 is 85.4. The van der Waals surface area contributed by atoms with Crippen LogP contribution in [-0.4, -0.2) is 4.98 Å². The molecule has 0 spiro atoms. The Morgan fingerprint density at radius 3 is 2.10 bits per heavy atom. The first kappa shape index (κ1) is 21.0. The summed E-state index contributed by atoms with van der Waals surface area (Å²) in [5.41, 5.74) is -2.83. The van der Waals surface area contributed by atoms with Gasteiger partial charge in [0.25, 0.3) is 0 Å². The first-order valence-electron chi connectivity index (χ1n) is 8.23. The van der Waals surface area contributed by atoms with E-state index < -0.39 is 28.4 Å². The smallest absolute Gasteiger partial charge is 0.418 e. The molecule has 0 aliphatic carbocycles. The lowest BCUT2D eigenvalue weighted by Gasteiger charge is -2.19. The van der Waals surface area contributed by atoms with E-state index in [1.165, 1.54) is 12.1 Å². The molecule has 29 heavy (non-hydrogen) atoms. The molecule has 0 aliphatic heterocycles. The summed E-state index contributed by atoms with van der Waals surface area (Å²) >= 11 is 0.568. The third kappa shape index (κ3) is 5.23. The van der Waals surface area contributed by atoms with Crippen molar-refractivity contribution in [2.75, 3.05) is 0 Å². The molecule has 0 unspecified atom stereocenters. The Bertz CT molecular complexity index is 973. The first-order valence-corrected chi connectivity index (χ1v) is 9.05. The molecule has 0 saturated heterocycles. The fraction of sp³-hybridized carbons (Fsp3) is 0.150. The van der Waals surface area contributed by atoms with Crippen molar-refractivity contribution in [3.8, 4) is 5.75 Å². The summed E-state index contributed by atoms with van der Waals surface area (Å²) in [6.07, 6.45) is -8.73. The van der Waals surface area contributed by atoms with Gasteiger partial charge in [0, 0.05) is 11.1 Å². The molecule has 2 aromatic carbocycles. The van der Waals surface area contributed by atoms with Crippen LogP contribution in [0.15, 0.2) is 76.7 Å². The number of para-hydroxylation sites is 1. The molecule has 1 heterocycles. The molecular weight excluding hydrogens is 416 g/mol. The van der Waals surface area contributed by atoms with Gasteiger partial charge in [-0.2, -0.15) is 26.3 Å². The van der Waals surface area contributed by atoms with Crippen LogP contribution in [0.2, 0.25) is 0 Å². The Kier molecular flexibility index (Phi) is 6.07. The minimum absolute atomic E-state index is 0.0626. The quantitative estimate of drug-likeness (QED) is 0.414. The zero-order valence-corrected chi connectivity index (χ0v) is 15.4. The highest BCUT2D eigenvalue weighted by molar-refractivity contribution is 7.99. The molecule has 2 nitrogen and oxygen atoms in total. The Balaban J connectivity index is 1.95. The number of pyridine rings is 1. The number of hydrogen-bond donors (Lipinski definition) is 0. The molecule has 0 N–H and O–H groups in total. The maximum absolute atomic E-state index is 13.5. The molecular formula is C20H13F6NOS. The van der Waals surface area contributed by atoms with Crippen molar-refractivity contribution < 1.29 is 31.1 Å². The van der Waals surface area contributed by atoms with Gasteiger partial charge >= 0.3 is 12.4 Å². The van der Waals surface area contributed by atoms with Crippen LogP contribution in [0.1, 0.15) is 16.8 Å². The second kappa shape index (κ2) is 8.36. The van der Waals surface area contributed by atoms with Crippen molar-refractivity contribution in [2.24, 2.45) is 0 Å². The molecule has 0 bridgehead atoms. The number of alkyl halides is 6. The number of aromatic nitrogens is 1. The third-order valence-corrected chi connectivity index (χ3v) is 4.90. The lowest BCUT2D eigenvalue weighted by atomic mass is 10.1. The highest BCUT2D eigenvalue weighted by Crippen LogP contribution is 2.47. The van der Waals surface area contributed by atoms with Crippen molar-refractivity contribution in [3.63, 3.8) is 0 Å². The molecule has 0 saturated carbocycles. The third-order valence-electron chi connectivity index (χ3n) is 3.79. The van der Waals surface area contributed by atoms with Crippen molar-refractivity contribution >= 4 is 11.8 Å². The molecule has 3 aromatic rings. The predicted octanol–water partition coefficient (Wildman–Crippen LogP) is 6.85. The molecule has 0 aliphatic rings. The molecule has 9 heteroatoms. The van der Waals surface area contributed by atoms with E-state index >= 15 is 0 Å². The van der Waals surface area contributed by atoms with Gasteiger partial charge in [0.05, 0.1) is 21.7 Å². The normalized spacial score (nSPS) is 12.1. The highest BCUT2D eigenvalue weighted by Gasteiger charge is 2.44. The Morgan fingerprint density at radius 1 is 0.759 bits per heavy atom. The van der Waals surface area contributed by atoms with Gasteiger partial charge in [-0.1, -0.05) is 36.0 Å². The largest absolute Gasteiger partial charge is 0.486 e. The molecule has 0 fully saturated rings. The van der Waals surface area contributed by atoms with Gasteiger partial charge < -0.3 is 4.74 Å². The zero-order chi connectivity index (χ0) is 21.1. The maximum Gasteiger partial charge on any atom is 0.418 e. The van der Waals surface area contributed by atoms with Crippen LogP contribution in [0.5, 0.6) is 5.75 Å². The minimum atomic E-state index is -5.17. The number of rotatable bonds is 5. The lowest BCUT2D eigenvalue weighted by molar-refractivity contribution is -0.163. The second-order valence-corrected chi connectivity index (χ2v) is 6.92. The van der Waals surface area contributed by atoms with Crippen LogP contribution in [0, 0.1) is 0 Å². The fourth-order valence-electron chi connectivity index (χ4n) is 2.55. The maximum atomic E-state index is 13.5. The number of ether oxygens (including phenoxy) is 1. The molecule has 0 amide bonds. The topological polar surface area (TPSA) is 22.1 Å². The average Bonchev–Trinajstić information content (AvgIpc) is 2.66. The van der Waals surface area contributed by atoms with Gasteiger partial charge in [-0.25, -0.2) is 0 Å². The Labute approximate surface area is 166 Å². The van der Waals surface area contributed by atoms with Gasteiger partial charge in [-0.15, -0.1) is 0 Å². The molecule has 152 valence electrons. The fourth-order valence-corrected chi connectivity index (χ4v) is 3.64. The van der Waals surface area contributed by atoms with Gasteiger partial charge in [-0.05, 0) is 36.4 Å². The van der Waals surface area contributed by atoms with E-state index in [2.05, 4.69) is 4.98 Å². The molecule has 1 aromatic heterocycles. The minimum Gasteiger partial charge on any atom is -0.486 e. The Morgan fingerprint density at radius 2 is 1.45 bits per heavy atom. The molecule has 0 radical (unpaired) electrons. The summed E-state index contributed by atoms with van der Waals surface area (Å²) in [4.78, 5) is 3.79. The lowest BCUT2D eigenvalue weighted by Crippen LogP contribution is -2.17. The van der Waals surface area contributed by atoms with Crippen molar-refractivity contribution in [3.05, 3.63) is 83.7 Å². The Hall–Kier alpha value is -2.68. The first-order chi connectivity index (χ1) is 13.7. The van der Waals surface area contributed by atoms with E-state index in [1.54, 1.807) is 36.5 Å². The van der Waals surface area contributed by atoms with Crippen LogP contribution in [0.25, 0.3) is 0 Å². The van der Waals surface area contributed by atoms with Gasteiger partial charge in [0.15, 0.2) is 0 Å². The van der Waals surface area contributed by atoms with Gasteiger partial charge in [0.2, 0.25) is 0 Å². The van der Waals surface area contributed by atoms with Crippen molar-refractivity contribution in [1.29, 1.82) is 0 Å². The molecule has 3 rings (SSSR count). The predicted molar refractivity (Wildman–Crippen MR) is 95.6 cm³/mol. The summed E-state index contributed by atoms with van der Waals surface area (Å²) in [5.74, 6) is 0.244. The van der Waals surface area contributed by atoms with Crippen LogP contribution in [0.4, 0.5) is 26.3 Å². The van der Waals surface area contributed by atoms with E-state index in [-0.39, 0.29) is 17.3 Å². The SMILES string of the molecule is FC(F)(F)c1cccc(Sc2ccccc2OCc2ccccn2)c1C(F)(F)F. The summed E-state index contributed by atoms with van der Waals surface area (Å²) in [6, 6.07) is 13.8. The van der Waals surface area contributed by atoms with Gasteiger partial charge in [-0.3, -0.25) is 4.98 Å². The number of benzene rings is 2. The van der Waals surface area contributed by atoms with Crippen LogP contribution >= 0.6 is 11.8 Å². The average molecular weight is 429 g/mol. The number of nitrogens with zero attached hydrogens (tertiary/aromatic N) is 1. The van der Waals surface area contributed by atoms with E-state index in [0.717, 1.165) is 12.1 Å². The van der Waals surface area contributed by atoms with E-state index in [1.807, 2.05) is 0 Å². The van der Waals surface area contributed by atoms with E-state index in [0.29, 0.717) is 23.5 Å².